The summed E-state index contributed by atoms with van der Waals surface area (Å²) in [4.78, 5) is 24.7. The predicted octanol–water partition coefficient (Wildman–Crippen LogP) is 4.09. The lowest BCUT2D eigenvalue weighted by Crippen LogP contribution is -2.29. The van der Waals surface area contributed by atoms with Crippen LogP contribution in [0.3, 0.4) is 0 Å². The molecule has 24 heavy (non-hydrogen) atoms. The van der Waals surface area contributed by atoms with Gasteiger partial charge in [-0.2, -0.15) is 0 Å². The molecule has 7 heteroatoms. The average Bonchev–Trinajstić information content (AvgIpc) is 2.59. The van der Waals surface area contributed by atoms with Crippen LogP contribution in [0, 0.1) is 10.1 Å². The van der Waals surface area contributed by atoms with E-state index in [0.717, 1.165) is 5.56 Å². The van der Waals surface area contributed by atoms with Crippen LogP contribution < -0.4 is 4.74 Å². The maximum atomic E-state index is 12.6. The summed E-state index contributed by atoms with van der Waals surface area (Å²) in [5, 5.41) is 11.7. The van der Waals surface area contributed by atoms with Gasteiger partial charge in [-0.1, -0.05) is 23.7 Å². The Labute approximate surface area is 144 Å². The second-order valence-electron chi connectivity index (χ2n) is 5.29. The molecule has 0 aliphatic heterocycles. The highest BCUT2D eigenvalue weighted by atomic mass is 35.5. The second-order valence-corrected chi connectivity index (χ2v) is 5.72. The minimum Gasteiger partial charge on any atom is -0.490 e. The number of amides is 1. The molecule has 2 rings (SSSR count). The van der Waals surface area contributed by atoms with E-state index in [4.69, 9.17) is 16.3 Å². The molecule has 0 aliphatic carbocycles. The zero-order valence-corrected chi connectivity index (χ0v) is 14.3. The fourth-order valence-corrected chi connectivity index (χ4v) is 2.44. The summed E-state index contributed by atoms with van der Waals surface area (Å²) in [6.07, 6.45) is 0. The third kappa shape index (κ3) is 3.65. The number of benzene rings is 2. The number of hydrogen-bond donors (Lipinski definition) is 0. The largest absolute Gasteiger partial charge is 0.490 e. The van der Waals surface area contributed by atoms with Gasteiger partial charge < -0.3 is 9.64 Å². The molecule has 0 N–H and O–H groups in total. The van der Waals surface area contributed by atoms with Crippen LogP contribution in [0.1, 0.15) is 28.9 Å². The summed E-state index contributed by atoms with van der Waals surface area (Å²) < 4.78 is 4.95. The van der Waals surface area contributed by atoms with Gasteiger partial charge in [0.1, 0.15) is 0 Å². The van der Waals surface area contributed by atoms with E-state index in [1.54, 1.807) is 19.2 Å². The van der Waals surface area contributed by atoms with Crippen LogP contribution in [0.4, 0.5) is 5.69 Å². The Bertz CT molecular complexity index is 762. The number of nitro benzene ring substituents is 1. The van der Waals surface area contributed by atoms with Crippen molar-refractivity contribution in [1.29, 1.82) is 0 Å². The summed E-state index contributed by atoms with van der Waals surface area (Å²) in [6, 6.07) is 11.1. The van der Waals surface area contributed by atoms with Crippen molar-refractivity contribution in [2.45, 2.75) is 13.0 Å². The first-order chi connectivity index (χ1) is 11.3. The molecule has 2 aromatic carbocycles. The normalized spacial score (nSPS) is 11.7. The molecule has 0 spiro atoms. The molecule has 0 heterocycles. The molecule has 2 aromatic rings. The van der Waals surface area contributed by atoms with Crippen molar-refractivity contribution in [2.75, 3.05) is 14.2 Å². The Balaban J connectivity index is 2.28. The molecule has 0 radical (unpaired) electrons. The van der Waals surface area contributed by atoms with Crippen LogP contribution in [0.15, 0.2) is 42.5 Å². The van der Waals surface area contributed by atoms with Crippen LogP contribution in [-0.2, 0) is 0 Å². The minimum absolute atomic E-state index is 0.116. The first-order valence-electron chi connectivity index (χ1n) is 7.20. The molecule has 0 unspecified atom stereocenters. The van der Waals surface area contributed by atoms with Crippen molar-refractivity contribution in [2.24, 2.45) is 0 Å². The lowest BCUT2D eigenvalue weighted by Gasteiger charge is -2.25. The van der Waals surface area contributed by atoms with Crippen LogP contribution >= 0.6 is 11.6 Å². The van der Waals surface area contributed by atoms with Crippen molar-refractivity contribution < 1.29 is 14.5 Å². The highest BCUT2D eigenvalue weighted by molar-refractivity contribution is 6.30. The predicted molar refractivity (Wildman–Crippen MR) is 91.6 cm³/mol. The number of hydrogen-bond acceptors (Lipinski definition) is 4. The zero-order chi connectivity index (χ0) is 17.9. The monoisotopic (exact) mass is 348 g/mol. The average molecular weight is 349 g/mol. The smallest absolute Gasteiger partial charge is 0.311 e. The molecule has 0 aromatic heterocycles. The van der Waals surface area contributed by atoms with Gasteiger partial charge in [0.25, 0.3) is 5.91 Å². The van der Waals surface area contributed by atoms with E-state index >= 15 is 0 Å². The van der Waals surface area contributed by atoms with E-state index in [2.05, 4.69) is 0 Å². The lowest BCUT2D eigenvalue weighted by molar-refractivity contribution is -0.385. The summed E-state index contributed by atoms with van der Waals surface area (Å²) in [5.41, 5.74) is 0.903. The Kier molecular flexibility index (Phi) is 5.41. The number of rotatable bonds is 5. The van der Waals surface area contributed by atoms with Gasteiger partial charge in [0.2, 0.25) is 0 Å². The van der Waals surface area contributed by atoms with Crippen molar-refractivity contribution in [1.82, 2.24) is 4.90 Å². The van der Waals surface area contributed by atoms with E-state index in [9.17, 15) is 14.9 Å². The molecular formula is C17H17ClN2O4. The van der Waals surface area contributed by atoms with Crippen LogP contribution in [-0.4, -0.2) is 29.9 Å². The Morgan fingerprint density at radius 1 is 1.25 bits per heavy atom. The zero-order valence-electron chi connectivity index (χ0n) is 13.5. The standard InChI is InChI=1S/C17H17ClN2O4/c1-11(12-4-7-14(18)8-5-12)19(2)17(21)13-6-9-16(24-3)15(10-13)20(22)23/h4-11H,1-3H3/t11-/m1/s1. The number of carbonyl (C=O) groups excluding carboxylic acids is 1. The molecule has 0 saturated heterocycles. The molecular weight excluding hydrogens is 332 g/mol. The van der Waals surface area contributed by atoms with Gasteiger partial charge >= 0.3 is 5.69 Å². The third-order valence-corrected chi connectivity index (χ3v) is 4.13. The molecule has 0 aliphatic rings. The van der Waals surface area contributed by atoms with E-state index < -0.39 is 4.92 Å². The Hall–Kier alpha value is -2.60. The van der Waals surface area contributed by atoms with Gasteiger partial charge in [0, 0.05) is 23.7 Å². The maximum absolute atomic E-state index is 12.6. The summed E-state index contributed by atoms with van der Waals surface area (Å²) in [6.45, 7) is 1.87. The Morgan fingerprint density at radius 3 is 2.42 bits per heavy atom. The van der Waals surface area contributed by atoms with Crippen molar-refractivity contribution >= 4 is 23.2 Å². The number of methoxy groups -OCH3 is 1. The lowest BCUT2D eigenvalue weighted by atomic mass is 10.1. The van der Waals surface area contributed by atoms with E-state index in [1.165, 1.54) is 30.2 Å². The maximum Gasteiger partial charge on any atom is 0.311 e. The highest BCUT2D eigenvalue weighted by Gasteiger charge is 2.23. The summed E-state index contributed by atoms with van der Waals surface area (Å²) in [7, 11) is 3.00. The summed E-state index contributed by atoms with van der Waals surface area (Å²) in [5.74, 6) is -0.201. The van der Waals surface area contributed by atoms with Gasteiger partial charge in [-0.3, -0.25) is 14.9 Å². The topological polar surface area (TPSA) is 72.7 Å². The molecule has 126 valence electrons. The first-order valence-corrected chi connectivity index (χ1v) is 7.58. The van der Waals surface area contributed by atoms with Crippen molar-refractivity contribution in [3.8, 4) is 5.75 Å². The molecule has 0 saturated carbocycles. The molecule has 1 amide bonds. The molecule has 6 nitrogen and oxygen atoms in total. The minimum atomic E-state index is -0.571. The van der Waals surface area contributed by atoms with Crippen molar-refractivity contribution in [3.05, 3.63) is 68.7 Å². The van der Waals surface area contributed by atoms with Gasteiger partial charge in [0.05, 0.1) is 18.1 Å². The number of nitro groups is 1. The highest BCUT2D eigenvalue weighted by Crippen LogP contribution is 2.29. The molecule has 0 bridgehead atoms. The van der Waals surface area contributed by atoms with Crippen LogP contribution in [0.5, 0.6) is 5.75 Å². The number of ether oxygens (including phenoxy) is 1. The van der Waals surface area contributed by atoms with E-state index in [0.29, 0.717) is 5.02 Å². The van der Waals surface area contributed by atoms with E-state index in [-0.39, 0.29) is 28.9 Å². The quantitative estimate of drug-likeness (QED) is 0.602. The SMILES string of the molecule is COc1ccc(C(=O)N(C)[C@H](C)c2ccc(Cl)cc2)cc1[N+](=O)[O-]. The van der Waals surface area contributed by atoms with Gasteiger partial charge in [-0.15, -0.1) is 0 Å². The van der Waals surface area contributed by atoms with Crippen LogP contribution in [0.2, 0.25) is 5.02 Å². The number of halogens is 1. The number of nitrogens with zero attached hydrogens (tertiary/aromatic N) is 2. The number of carbonyl (C=O) groups is 1. The second kappa shape index (κ2) is 7.31. The molecule has 1 atom stereocenters. The Morgan fingerprint density at radius 2 is 1.88 bits per heavy atom. The molecule has 0 fully saturated rings. The van der Waals surface area contributed by atoms with E-state index in [1.807, 2.05) is 19.1 Å². The first kappa shape index (κ1) is 17.7. The van der Waals surface area contributed by atoms with Crippen molar-refractivity contribution in [3.63, 3.8) is 0 Å². The summed E-state index contributed by atoms with van der Waals surface area (Å²) >= 11 is 5.87. The van der Waals surface area contributed by atoms with Gasteiger partial charge in [-0.25, -0.2) is 0 Å². The third-order valence-electron chi connectivity index (χ3n) is 3.88. The van der Waals surface area contributed by atoms with Gasteiger partial charge in [0.15, 0.2) is 5.75 Å². The fourth-order valence-electron chi connectivity index (χ4n) is 2.31. The van der Waals surface area contributed by atoms with Crippen LogP contribution in [0.25, 0.3) is 0 Å². The fraction of sp³-hybridized carbons (Fsp3) is 0.235. The van der Waals surface area contributed by atoms with Gasteiger partial charge in [-0.05, 0) is 36.8 Å².